The molecule has 21 heavy (non-hydrogen) atoms. The summed E-state index contributed by atoms with van der Waals surface area (Å²) in [7, 11) is 0. The fraction of sp³-hybridized carbons (Fsp3) is 0.500. The Bertz CT molecular complexity index is 492. The molecule has 2 atom stereocenters. The Balaban J connectivity index is 1.71. The summed E-state index contributed by atoms with van der Waals surface area (Å²) < 4.78 is 11.1. The van der Waals surface area contributed by atoms with Gasteiger partial charge in [0.05, 0.1) is 0 Å². The number of carbonyl (C=O) groups excluding carboxylic acids is 1. The minimum Gasteiger partial charge on any atom is -0.353 e. The molecule has 0 aliphatic carbocycles. The molecule has 1 aromatic carbocycles. The molecule has 0 aromatic heterocycles. The smallest absolute Gasteiger partial charge is 0.205 e. The first-order valence-corrected chi connectivity index (χ1v) is 7.59. The molecule has 0 spiro atoms. The Morgan fingerprint density at radius 1 is 1.38 bits per heavy atom. The number of hydrogen-bond acceptors (Lipinski definition) is 3. The molecule has 2 unspecified atom stereocenters. The highest BCUT2D eigenvalue weighted by molar-refractivity contribution is 5.95. The van der Waals surface area contributed by atoms with Crippen molar-refractivity contribution in [2.24, 2.45) is 0 Å². The van der Waals surface area contributed by atoms with E-state index in [-0.39, 0.29) is 18.2 Å². The molecule has 1 aliphatic rings. The van der Waals surface area contributed by atoms with Crippen molar-refractivity contribution in [1.82, 2.24) is 0 Å². The molecule has 112 valence electrons. The van der Waals surface area contributed by atoms with Crippen molar-refractivity contribution >= 4 is 5.78 Å². The highest BCUT2D eigenvalue weighted by Gasteiger charge is 2.16. The number of ketones is 1. The number of rotatable bonds is 5. The lowest BCUT2D eigenvalue weighted by molar-refractivity contribution is -0.173. The molecule has 1 saturated heterocycles. The topological polar surface area (TPSA) is 35.5 Å². The van der Waals surface area contributed by atoms with Gasteiger partial charge in [0.1, 0.15) is 6.10 Å². The zero-order chi connectivity index (χ0) is 14.9. The van der Waals surface area contributed by atoms with Gasteiger partial charge >= 0.3 is 0 Å². The fourth-order valence-corrected chi connectivity index (χ4v) is 2.23. The van der Waals surface area contributed by atoms with E-state index < -0.39 is 0 Å². The van der Waals surface area contributed by atoms with Crippen LogP contribution in [0.25, 0.3) is 0 Å². The Hall–Kier alpha value is -1.63. The average molecular weight is 286 g/mol. The Morgan fingerprint density at radius 2 is 2.19 bits per heavy atom. The predicted octanol–water partition coefficient (Wildman–Crippen LogP) is 3.12. The van der Waals surface area contributed by atoms with Gasteiger partial charge in [-0.25, -0.2) is 0 Å². The van der Waals surface area contributed by atoms with Crippen LogP contribution in [0.15, 0.2) is 30.3 Å². The predicted molar refractivity (Wildman–Crippen MR) is 81.7 cm³/mol. The molecule has 0 N–H and O–H groups in total. The van der Waals surface area contributed by atoms with Gasteiger partial charge in [0.25, 0.3) is 0 Å². The number of aryl methyl sites for hydroxylation is 1. The average Bonchev–Trinajstić information content (AvgIpc) is 2.53. The first-order valence-electron chi connectivity index (χ1n) is 7.59. The highest BCUT2D eigenvalue weighted by Crippen LogP contribution is 2.15. The monoisotopic (exact) mass is 286 g/mol. The van der Waals surface area contributed by atoms with Crippen molar-refractivity contribution in [1.29, 1.82) is 0 Å². The SMILES string of the molecule is CC(C#CC(=O)CCc1ccccc1)OC1CCCCO1. The van der Waals surface area contributed by atoms with Crippen molar-refractivity contribution in [2.75, 3.05) is 6.61 Å². The molecule has 1 aliphatic heterocycles. The lowest BCUT2D eigenvalue weighted by Gasteiger charge is -2.23. The second kappa shape index (κ2) is 8.61. The summed E-state index contributed by atoms with van der Waals surface area (Å²) in [5, 5.41) is 0. The van der Waals surface area contributed by atoms with Crippen LogP contribution in [0.5, 0.6) is 0 Å². The van der Waals surface area contributed by atoms with Crippen LogP contribution in [0.1, 0.15) is 38.2 Å². The molecule has 0 radical (unpaired) electrons. The quantitative estimate of drug-likeness (QED) is 0.616. The van der Waals surface area contributed by atoms with Crippen LogP contribution in [0.3, 0.4) is 0 Å². The van der Waals surface area contributed by atoms with Crippen molar-refractivity contribution in [2.45, 2.75) is 51.4 Å². The van der Waals surface area contributed by atoms with Crippen LogP contribution in [0.4, 0.5) is 0 Å². The van der Waals surface area contributed by atoms with Crippen molar-refractivity contribution in [3.05, 3.63) is 35.9 Å². The number of Topliss-reactive ketones (excluding diaryl/α,β-unsaturated/α-hetero) is 1. The number of hydrogen-bond donors (Lipinski definition) is 0. The van der Waals surface area contributed by atoms with E-state index in [4.69, 9.17) is 9.47 Å². The zero-order valence-electron chi connectivity index (χ0n) is 12.5. The van der Waals surface area contributed by atoms with Gasteiger partial charge in [-0.2, -0.15) is 0 Å². The van der Waals surface area contributed by atoms with E-state index in [1.807, 2.05) is 37.3 Å². The van der Waals surface area contributed by atoms with Crippen LogP contribution in [0, 0.1) is 11.8 Å². The van der Waals surface area contributed by atoms with E-state index >= 15 is 0 Å². The van der Waals surface area contributed by atoms with E-state index in [9.17, 15) is 4.79 Å². The molecule has 1 heterocycles. The lowest BCUT2D eigenvalue weighted by atomic mass is 10.1. The number of ether oxygens (including phenoxy) is 2. The van der Waals surface area contributed by atoms with Crippen LogP contribution < -0.4 is 0 Å². The van der Waals surface area contributed by atoms with Crippen molar-refractivity contribution < 1.29 is 14.3 Å². The molecular weight excluding hydrogens is 264 g/mol. The van der Waals surface area contributed by atoms with Crippen LogP contribution in [-0.2, 0) is 20.7 Å². The van der Waals surface area contributed by atoms with Gasteiger partial charge in [0.2, 0.25) is 5.78 Å². The molecule has 0 bridgehead atoms. The lowest BCUT2D eigenvalue weighted by Crippen LogP contribution is -2.25. The Morgan fingerprint density at radius 3 is 2.90 bits per heavy atom. The maximum Gasteiger partial charge on any atom is 0.205 e. The molecule has 2 rings (SSSR count). The summed E-state index contributed by atoms with van der Waals surface area (Å²) in [6, 6.07) is 9.97. The van der Waals surface area contributed by atoms with Gasteiger partial charge in [0, 0.05) is 13.0 Å². The van der Waals surface area contributed by atoms with Crippen molar-refractivity contribution in [3.63, 3.8) is 0 Å². The van der Waals surface area contributed by atoms with Crippen LogP contribution in [0.2, 0.25) is 0 Å². The first kappa shape index (κ1) is 15.8. The molecule has 3 heteroatoms. The fourth-order valence-electron chi connectivity index (χ4n) is 2.23. The van der Waals surface area contributed by atoms with E-state index in [0.717, 1.165) is 37.9 Å². The number of benzene rings is 1. The highest BCUT2D eigenvalue weighted by atomic mass is 16.7. The van der Waals surface area contributed by atoms with Gasteiger partial charge in [-0.1, -0.05) is 36.3 Å². The summed E-state index contributed by atoms with van der Waals surface area (Å²) in [6.45, 7) is 2.61. The minimum absolute atomic E-state index is 0.0427. The minimum atomic E-state index is -0.270. The summed E-state index contributed by atoms with van der Waals surface area (Å²) >= 11 is 0. The summed E-state index contributed by atoms with van der Waals surface area (Å²) in [4.78, 5) is 11.8. The Labute approximate surface area is 126 Å². The molecule has 3 nitrogen and oxygen atoms in total. The largest absolute Gasteiger partial charge is 0.353 e. The maximum absolute atomic E-state index is 11.8. The first-order chi connectivity index (χ1) is 10.2. The standard InChI is InChI=1S/C18H22O3/c1-15(21-18-9-5-6-14-20-18)10-12-17(19)13-11-16-7-3-2-4-8-16/h2-4,7-8,15,18H,5-6,9,11,13-14H2,1H3. The maximum atomic E-state index is 11.8. The van der Waals surface area contributed by atoms with Gasteiger partial charge in [0.15, 0.2) is 6.29 Å². The second-order valence-corrected chi connectivity index (χ2v) is 5.25. The summed E-state index contributed by atoms with van der Waals surface area (Å²) in [6.07, 6.45) is 3.88. The molecule has 1 fully saturated rings. The van der Waals surface area contributed by atoms with Crippen LogP contribution in [-0.4, -0.2) is 24.8 Å². The van der Waals surface area contributed by atoms with Gasteiger partial charge in [-0.3, -0.25) is 4.79 Å². The van der Waals surface area contributed by atoms with E-state index in [0.29, 0.717) is 6.42 Å². The summed E-state index contributed by atoms with van der Waals surface area (Å²) in [5.41, 5.74) is 1.16. The van der Waals surface area contributed by atoms with Gasteiger partial charge < -0.3 is 9.47 Å². The third-order valence-electron chi connectivity index (χ3n) is 3.39. The molecule has 0 amide bonds. The van der Waals surface area contributed by atoms with Gasteiger partial charge in [-0.15, -0.1) is 0 Å². The molecule has 0 saturated carbocycles. The van der Waals surface area contributed by atoms with E-state index in [2.05, 4.69) is 11.8 Å². The molecular formula is C18H22O3. The Kier molecular flexibility index (Phi) is 6.46. The van der Waals surface area contributed by atoms with Crippen molar-refractivity contribution in [3.8, 4) is 11.8 Å². The van der Waals surface area contributed by atoms with Crippen LogP contribution >= 0.6 is 0 Å². The molecule has 1 aromatic rings. The number of carbonyl (C=O) groups is 1. The third-order valence-corrected chi connectivity index (χ3v) is 3.39. The van der Waals surface area contributed by atoms with Gasteiger partial charge in [-0.05, 0) is 44.1 Å². The second-order valence-electron chi connectivity index (χ2n) is 5.25. The normalized spacial score (nSPS) is 19.4. The van der Waals surface area contributed by atoms with E-state index in [1.54, 1.807) is 0 Å². The van der Waals surface area contributed by atoms with E-state index in [1.165, 1.54) is 0 Å². The zero-order valence-corrected chi connectivity index (χ0v) is 12.5. The summed E-state index contributed by atoms with van der Waals surface area (Å²) in [5.74, 6) is 5.49. The third kappa shape index (κ3) is 6.12.